The number of carbonyl (C=O) groups is 3. The number of rotatable bonds is 9. The second kappa shape index (κ2) is 19.1. The molecule has 12 rings (SSSR count). The summed E-state index contributed by atoms with van der Waals surface area (Å²) in [5.41, 5.74) is 14.9. The van der Waals surface area contributed by atoms with Crippen molar-refractivity contribution in [2.24, 2.45) is 21.1 Å². The second-order valence-electron chi connectivity index (χ2n) is 18.7. The molecule has 0 saturated heterocycles. The van der Waals surface area contributed by atoms with Crippen LogP contribution >= 0.6 is 15.9 Å². The zero-order chi connectivity index (χ0) is 47.9. The van der Waals surface area contributed by atoms with E-state index in [2.05, 4.69) is 147 Å². The minimum atomic E-state index is 0.0709. The average molecular weight is 978 g/mol. The van der Waals surface area contributed by atoms with Crippen LogP contribution in [0.5, 0.6) is 0 Å². The van der Waals surface area contributed by atoms with Crippen LogP contribution in [0.2, 0.25) is 0 Å². The summed E-state index contributed by atoms with van der Waals surface area (Å²) >= 11 is 3.43. The summed E-state index contributed by atoms with van der Waals surface area (Å²) in [7, 11) is 6.10. The first kappa shape index (κ1) is 45.6. The third-order valence-corrected chi connectivity index (χ3v) is 14.5. The lowest BCUT2D eigenvalue weighted by Gasteiger charge is -2.16. The topological polar surface area (TPSA) is 75.7 Å². The van der Waals surface area contributed by atoms with Gasteiger partial charge in [0.15, 0.2) is 0 Å². The molecule has 0 atom stereocenters. The highest BCUT2D eigenvalue weighted by molar-refractivity contribution is 9.10. The van der Waals surface area contributed by atoms with Gasteiger partial charge in [0, 0.05) is 111 Å². The molecule has 9 aromatic rings. The van der Waals surface area contributed by atoms with E-state index < -0.39 is 0 Å². The van der Waals surface area contributed by atoms with Gasteiger partial charge in [-0.25, -0.2) is 0 Å². The van der Waals surface area contributed by atoms with Crippen LogP contribution in [0.3, 0.4) is 0 Å². The molecule has 3 aromatic heterocycles. The van der Waals surface area contributed by atoms with Gasteiger partial charge in [-0.3, -0.25) is 14.4 Å². The van der Waals surface area contributed by atoms with Gasteiger partial charge in [-0.05, 0) is 151 Å². The van der Waals surface area contributed by atoms with Crippen LogP contribution in [0.15, 0.2) is 150 Å². The minimum Gasteiger partial charge on any atom is -0.351 e. The van der Waals surface area contributed by atoms with Gasteiger partial charge >= 0.3 is 0 Å². The van der Waals surface area contributed by atoms with E-state index in [4.69, 9.17) is 0 Å². The van der Waals surface area contributed by atoms with Crippen LogP contribution in [-0.2, 0) is 53.6 Å². The Kier molecular flexibility index (Phi) is 12.6. The SMILES string of the molecule is CCCCc1ccc2c(c1)C(=O)N(c1ccc3c(ccn3C)c1)C2.CCCCc1ccc2c(c1)C(=O)N(c1ccc3c(ccn3C)c1)C2.Cn1ccc2cc(N3Cc4ccc(Br)cc4C3=O)ccc21. The fourth-order valence-corrected chi connectivity index (χ4v) is 10.3. The van der Waals surface area contributed by atoms with Gasteiger partial charge in [0.05, 0.1) is 19.6 Å². The highest BCUT2D eigenvalue weighted by Gasteiger charge is 2.31. The third-order valence-electron chi connectivity index (χ3n) is 14.0. The number of nitrogens with zero attached hydrogens (tertiary/aromatic N) is 6. The van der Waals surface area contributed by atoms with E-state index in [-0.39, 0.29) is 17.7 Å². The predicted octanol–water partition coefficient (Wildman–Crippen LogP) is 13.5. The van der Waals surface area contributed by atoms with Crippen molar-refractivity contribution in [2.75, 3.05) is 14.7 Å². The molecule has 0 bridgehead atoms. The number of amides is 3. The first-order chi connectivity index (χ1) is 33.5. The van der Waals surface area contributed by atoms with E-state index >= 15 is 0 Å². The van der Waals surface area contributed by atoms with Gasteiger partial charge in [-0.15, -0.1) is 0 Å². The van der Waals surface area contributed by atoms with Gasteiger partial charge in [0.25, 0.3) is 17.7 Å². The molecule has 0 fully saturated rings. The monoisotopic (exact) mass is 976 g/mol. The molecule has 0 N–H and O–H groups in total. The summed E-state index contributed by atoms with van der Waals surface area (Å²) in [4.78, 5) is 44.0. The van der Waals surface area contributed by atoms with Gasteiger partial charge in [-0.1, -0.05) is 73.0 Å². The van der Waals surface area contributed by atoms with Crippen molar-refractivity contribution in [2.45, 2.75) is 72.0 Å². The normalized spacial score (nSPS) is 13.8. The maximum absolute atomic E-state index is 12.9. The molecule has 10 heteroatoms. The van der Waals surface area contributed by atoms with E-state index in [0.717, 1.165) is 73.1 Å². The van der Waals surface area contributed by atoms with Crippen LogP contribution in [0.1, 0.15) is 98.4 Å². The van der Waals surface area contributed by atoms with Crippen LogP contribution in [0.25, 0.3) is 32.7 Å². The van der Waals surface area contributed by atoms with Gasteiger partial charge in [0.2, 0.25) is 0 Å². The quantitative estimate of drug-likeness (QED) is 0.145. The van der Waals surface area contributed by atoms with Gasteiger partial charge < -0.3 is 28.4 Å². The standard InChI is InChI=1S/2C21H22N2O.C17H13BrN2O/c2*1-3-4-5-15-6-7-17-14-23(21(24)19(17)12-15)18-8-9-20-16(13-18)10-11-22(20)2;1-19-7-6-11-8-14(4-5-16(11)19)20-10-12-2-3-13(18)9-15(12)17(20)21/h2*6-13H,3-5,14H2,1-2H3;2-9H,10H2,1H3. The zero-order valence-electron chi connectivity index (χ0n) is 40.0. The number of aryl methyl sites for hydroxylation is 5. The van der Waals surface area contributed by atoms with Crippen molar-refractivity contribution in [3.8, 4) is 0 Å². The van der Waals surface area contributed by atoms with Gasteiger partial charge in [0.1, 0.15) is 0 Å². The molecule has 6 heterocycles. The summed E-state index contributed by atoms with van der Waals surface area (Å²) in [5.74, 6) is 0.318. The van der Waals surface area contributed by atoms with E-state index in [1.807, 2.05) is 78.4 Å². The maximum atomic E-state index is 12.9. The minimum absolute atomic E-state index is 0.0709. The Morgan fingerprint density at radius 2 is 0.768 bits per heavy atom. The molecule has 0 aliphatic carbocycles. The van der Waals surface area contributed by atoms with Crippen molar-refractivity contribution >= 4 is 83.4 Å². The molecule has 0 radical (unpaired) electrons. The number of halogens is 1. The lowest BCUT2D eigenvalue weighted by Crippen LogP contribution is -2.22. The fourth-order valence-electron chi connectivity index (χ4n) is 9.98. The van der Waals surface area contributed by atoms with Crippen LogP contribution in [0, 0.1) is 0 Å². The first-order valence-corrected chi connectivity index (χ1v) is 24.9. The summed E-state index contributed by atoms with van der Waals surface area (Å²) in [6.45, 7) is 6.36. The number of hydrogen-bond donors (Lipinski definition) is 0. The second-order valence-corrected chi connectivity index (χ2v) is 19.6. The Balaban J connectivity index is 0.000000121. The summed E-state index contributed by atoms with van der Waals surface area (Å²) in [5, 5.41) is 3.49. The number of carbonyl (C=O) groups excluding carboxylic acids is 3. The Labute approximate surface area is 412 Å². The summed E-state index contributed by atoms with van der Waals surface area (Å²) in [6.07, 6.45) is 12.9. The molecule has 6 aromatic carbocycles. The Hall–Kier alpha value is -7.17. The van der Waals surface area contributed by atoms with E-state index in [0.29, 0.717) is 19.6 Å². The molecule has 3 aliphatic rings. The molecular weight excluding hydrogens is 921 g/mol. The smallest absolute Gasteiger partial charge is 0.258 e. The van der Waals surface area contributed by atoms with E-state index in [1.54, 1.807) is 0 Å². The van der Waals surface area contributed by atoms with Crippen molar-refractivity contribution in [3.63, 3.8) is 0 Å². The number of benzene rings is 6. The van der Waals surface area contributed by atoms with E-state index in [1.165, 1.54) is 64.1 Å². The average Bonchev–Trinajstić information content (AvgIpc) is 4.23. The van der Waals surface area contributed by atoms with Crippen molar-refractivity contribution in [1.29, 1.82) is 0 Å². The van der Waals surface area contributed by atoms with Crippen LogP contribution < -0.4 is 14.7 Å². The van der Waals surface area contributed by atoms with Crippen molar-refractivity contribution < 1.29 is 14.4 Å². The lowest BCUT2D eigenvalue weighted by atomic mass is 10.0. The number of unbranched alkanes of at least 4 members (excludes halogenated alkanes) is 2. The molecule has 0 saturated carbocycles. The predicted molar refractivity (Wildman–Crippen MR) is 285 cm³/mol. The molecule has 0 unspecified atom stereocenters. The molecule has 3 amide bonds. The third kappa shape index (κ3) is 8.90. The number of hydrogen-bond acceptors (Lipinski definition) is 3. The molecule has 9 nitrogen and oxygen atoms in total. The maximum Gasteiger partial charge on any atom is 0.258 e. The fraction of sp³-hybridized carbons (Fsp3) is 0.237. The molecule has 69 heavy (non-hydrogen) atoms. The summed E-state index contributed by atoms with van der Waals surface area (Å²) < 4.78 is 7.21. The summed E-state index contributed by atoms with van der Waals surface area (Å²) in [6, 6.07) is 43.6. The van der Waals surface area contributed by atoms with Gasteiger partial charge in [-0.2, -0.15) is 0 Å². The van der Waals surface area contributed by atoms with Crippen LogP contribution in [-0.4, -0.2) is 31.4 Å². The number of anilines is 3. The molecule has 348 valence electrons. The van der Waals surface area contributed by atoms with Crippen molar-refractivity contribution in [3.05, 3.63) is 195 Å². The Morgan fingerprint density at radius 3 is 1.13 bits per heavy atom. The molecule has 3 aliphatic heterocycles. The first-order valence-electron chi connectivity index (χ1n) is 24.1. The largest absolute Gasteiger partial charge is 0.351 e. The molecular formula is C59H57BrN6O3. The molecule has 0 spiro atoms. The van der Waals surface area contributed by atoms with Crippen molar-refractivity contribution in [1.82, 2.24) is 13.7 Å². The Bertz CT molecular complexity index is 3300. The Morgan fingerprint density at radius 1 is 0.420 bits per heavy atom. The highest BCUT2D eigenvalue weighted by Crippen LogP contribution is 2.35. The lowest BCUT2D eigenvalue weighted by molar-refractivity contribution is 0.0989. The van der Waals surface area contributed by atoms with Crippen LogP contribution in [0.4, 0.5) is 17.1 Å². The zero-order valence-corrected chi connectivity index (χ0v) is 41.6. The number of fused-ring (bicyclic) bond motifs is 6. The van der Waals surface area contributed by atoms with E-state index in [9.17, 15) is 14.4 Å². The number of aromatic nitrogens is 3. The highest BCUT2D eigenvalue weighted by atomic mass is 79.9.